The van der Waals surface area contributed by atoms with Crippen molar-refractivity contribution in [2.45, 2.75) is 45.3 Å². The first kappa shape index (κ1) is 11.8. The lowest BCUT2D eigenvalue weighted by Gasteiger charge is -2.34. The van der Waals surface area contributed by atoms with Crippen molar-refractivity contribution >= 4 is 0 Å². The Labute approximate surface area is 83.1 Å². The second kappa shape index (κ2) is 4.51. The summed E-state index contributed by atoms with van der Waals surface area (Å²) in [5.74, 6) is 0.634. The van der Waals surface area contributed by atoms with Gasteiger partial charge in [-0.15, -0.1) is 0 Å². The average Bonchev–Trinajstić information content (AvgIpc) is 2.15. The quantitative estimate of drug-likeness (QED) is 0.737. The minimum Gasteiger partial charge on any atom is -0.306 e. The van der Waals surface area contributed by atoms with E-state index in [1.54, 1.807) is 0 Å². The monoisotopic (exact) mass is 209 g/mol. The van der Waals surface area contributed by atoms with E-state index in [9.17, 15) is 13.2 Å². The van der Waals surface area contributed by atoms with Gasteiger partial charge in [0.25, 0.3) is 0 Å². The van der Waals surface area contributed by atoms with Crippen LogP contribution in [0.1, 0.15) is 33.1 Å². The summed E-state index contributed by atoms with van der Waals surface area (Å²) in [5.41, 5.74) is 0. The lowest BCUT2D eigenvalue weighted by atomic mass is 9.81. The molecule has 0 aromatic carbocycles. The molecule has 0 aliphatic carbocycles. The van der Waals surface area contributed by atoms with Gasteiger partial charge in [0.2, 0.25) is 0 Å². The lowest BCUT2D eigenvalue weighted by molar-refractivity contribution is -0.164. The highest BCUT2D eigenvalue weighted by atomic mass is 19.4. The summed E-state index contributed by atoms with van der Waals surface area (Å²) in [4.78, 5) is 0. The van der Waals surface area contributed by atoms with E-state index < -0.39 is 12.2 Å². The molecule has 4 heteroatoms. The number of piperidine rings is 1. The van der Waals surface area contributed by atoms with Gasteiger partial charge in [0.05, 0.1) is 0 Å². The van der Waals surface area contributed by atoms with Crippen LogP contribution in [0, 0.1) is 11.8 Å². The van der Waals surface area contributed by atoms with E-state index in [4.69, 9.17) is 0 Å². The summed E-state index contributed by atoms with van der Waals surface area (Å²) in [5, 5.41) is 2.54. The molecule has 1 aliphatic heterocycles. The summed E-state index contributed by atoms with van der Waals surface area (Å²) < 4.78 is 37.3. The molecule has 0 saturated carbocycles. The van der Waals surface area contributed by atoms with Crippen molar-refractivity contribution < 1.29 is 13.2 Å². The van der Waals surface area contributed by atoms with Crippen LogP contribution in [-0.4, -0.2) is 18.8 Å². The molecular weight excluding hydrogens is 191 g/mol. The van der Waals surface area contributed by atoms with Crippen LogP contribution in [0.2, 0.25) is 0 Å². The Kier molecular flexibility index (Phi) is 3.81. The Bertz CT molecular complexity index is 179. The molecule has 0 spiro atoms. The van der Waals surface area contributed by atoms with Crippen LogP contribution in [0.5, 0.6) is 0 Å². The van der Waals surface area contributed by atoms with Gasteiger partial charge in [0.15, 0.2) is 0 Å². The van der Waals surface area contributed by atoms with E-state index in [1.807, 2.05) is 13.8 Å². The van der Waals surface area contributed by atoms with Crippen molar-refractivity contribution in [1.29, 1.82) is 0 Å². The van der Waals surface area contributed by atoms with Gasteiger partial charge in [-0.25, -0.2) is 0 Å². The van der Waals surface area contributed by atoms with Gasteiger partial charge in [-0.3, -0.25) is 0 Å². The maximum Gasteiger partial charge on any atom is 0.403 e. The molecule has 0 aromatic rings. The van der Waals surface area contributed by atoms with Crippen LogP contribution >= 0.6 is 0 Å². The van der Waals surface area contributed by atoms with Crippen LogP contribution in [0.3, 0.4) is 0 Å². The molecule has 14 heavy (non-hydrogen) atoms. The molecule has 0 radical (unpaired) electrons. The van der Waals surface area contributed by atoms with Crippen LogP contribution in [-0.2, 0) is 0 Å². The SMILES string of the molecule is CCC(C)C1CCNC(C(F)(F)F)C1. The fraction of sp³-hybridized carbons (Fsp3) is 1.00. The Morgan fingerprint density at radius 1 is 1.43 bits per heavy atom. The summed E-state index contributed by atoms with van der Waals surface area (Å²) in [7, 11) is 0. The van der Waals surface area contributed by atoms with E-state index >= 15 is 0 Å². The zero-order valence-corrected chi connectivity index (χ0v) is 8.69. The molecule has 0 amide bonds. The highest BCUT2D eigenvalue weighted by Crippen LogP contribution is 2.33. The molecule has 1 heterocycles. The van der Waals surface area contributed by atoms with Gasteiger partial charge >= 0.3 is 6.18 Å². The number of alkyl halides is 3. The van der Waals surface area contributed by atoms with E-state index in [2.05, 4.69) is 5.32 Å². The Hall–Kier alpha value is -0.250. The molecule has 0 aromatic heterocycles. The second-order valence-corrected chi connectivity index (χ2v) is 4.22. The molecule has 1 nitrogen and oxygen atoms in total. The molecule has 0 bridgehead atoms. The highest BCUT2D eigenvalue weighted by molar-refractivity contribution is 4.85. The molecular formula is C10H18F3N. The van der Waals surface area contributed by atoms with Crippen molar-refractivity contribution in [3.63, 3.8) is 0 Å². The second-order valence-electron chi connectivity index (χ2n) is 4.22. The van der Waals surface area contributed by atoms with Gasteiger partial charge in [-0.2, -0.15) is 13.2 Å². The predicted molar refractivity (Wildman–Crippen MR) is 50.0 cm³/mol. The van der Waals surface area contributed by atoms with Gasteiger partial charge < -0.3 is 5.32 Å². The van der Waals surface area contributed by atoms with Crippen molar-refractivity contribution in [3.05, 3.63) is 0 Å². The molecule has 1 fully saturated rings. The smallest absolute Gasteiger partial charge is 0.306 e. The van der Waals surface area contributed by atoms with Crippen LogP contribution in [0.15, 0.2) is 0 Å². The van der Waals surface area contributed by atoms with Crippen molar-refractivity contribution in [2.24, 2.45) is 11.8 Å². The predicted octanol–water partition coefficient (Wildman–Crippen LogP) is 2.96. The largest absolute Gasteiger partial charge is 0.403 e. The zero-order valence-electron chi connectivity index (χ0n) is 8.69. The zero-order chi connectivity index (χ0) is 10.8. The molecule has 1 N–H and O–H groups in total. The van der Waals surface area contributed by atoms with Crippen molar-refractivity contribution in [3.8, 4) is 0 Å². The molecule has 3 atom stereocenters. The van der Waals surface area contributed by atoms with E-state index in [-0.39, 0.29) is 12.3 Å². The third-order valence-electron chi connectivity index (χ3n) is 3.29. The first-order chi connectivity index (χ1) is 6.45. The summed E-state index contributed by atoms with van der Waals surface area (Å²) in [6.45, 7) is 4.58. The molecule has 1 aliphatic rings. The summed E-state index contributed by atoms with van der Waals surface area (Å²) in [6, 6.07) is -1.28. The Morgan fingerprint density at radius 3 is 2.57 bits per heavy atom. The third kappa shape index (κ3) is 2.87. The minimum atomic E-state index is -4.08. The molecule has 1 saturated heterocycles. The van der Waals surface area contributed by atoms with Gasteiger partial charge in [-0.1, -0.05) is 20.3 Å². The number of halogens is 3. The molecule has 3 unspecified atom stereocenters. The van der Waals surface area contributed by atoms with Gasteiger partial charge in [0, 0.05) is 0 Å². The number of rotatable bonds is 2. The van der Waals surface area contributed by atoms with Crippen molar-refractivity contribution in [1.82, 2.24) is 5.32 Å². The van der Waals surface area contributed by atoms with E-state index in [0.717, 1.165) is 12.8 Å². The lowest BCUT2D eigenvalue weighted by Crippen LogP contribution is -2.48. The maximum atomic E-state index is 12.4. The first-order valence-electron chi connectivity index (χ1n) is 5.25. The number of hydrogen-bond donors (Lipinski definition) is 1. The van der Waals surface area contributed by atoms with E-state index in [0.29, 0.717) is 12.5 Å². The van der Waals surface area contributed by atoms with Gasteiger partial charge in [0.1, 0.15) is 6.04 Å². The molecule has 84 valence electrons. The number of nitrogens with one attached hydrogen (secondary N) is 1. The first-order valence-corrected chi connectivity index (χ1v) is 5.25. The van der Waals surface area contributed by atoms with Crippen molar-refractivity contribution in [2.75, 3.05) is 6.54 Å². The third-order valence-corrected chi connectivity index (χ3v) is 3.29. The Balaban J connectivity index is 2.52. The standard InChI is InChI=1S/C10H18F3N/c1-3-7(2)8-4-5-14-9(6-8)10(11,12)13/h7-9,14H,3-6H2,1-2H3. The van der Waals surface area contributed by atoms with Crippen LogP contribution in [0.25, 0.3) is 0 Å². The fourth-order valence-electron chi connectivity index (χ4n) is 2.05. The van der Waals surface area contributed by atoms with E-state index in [1.165, 1.54) is 0 Å². The summed E-state index contributed by atoms with van der Waals surface area (Å²) in [6.07, 6.45) is -1.98. The highest BCUT2D eigenvalue weighted by Gasteiger charge is 2.42. The summed E-state index contributed by atoms with van der Waals surface area (Å²) >= 11 is 0. The number of hydrogen-bond acceptors (Lipinski definition) is 1. The van der Waals surface area contributed by atoms with Crippen LogP contribution in [0.4, 0.5) is 13.2 Å². The normalized spacial score (nSPS) is 31.5. The Morgan fingerprint density at radius 2 is 2.07 bits per heavy atom. The van der Waals surface area contributed by atoms with Gasteiger partial charge in [-0.05, 0) is 31.2 Å². The topological polar surface area (TPSA) is 12.0 Å². The van der Waals surface area contributed by atoms with Crippen LogP contribution < -0.4 is 5.32 Å². The maximum absolute atomic E-state index is 12.4. The fourth-order valence-corrected chi connectivity index (χ4v) is 2.05. The average molecular weight is 209 g/mol. The molecule has 1 rings (SSSR count). The minimum absolute atomic E-state index is 0.230.